The normalized spacial score (nSPS) is 10.5. The number of carbonyl (C=O) groups excluding carboxylic acids is 1. The second kappa shape index (κ2) is 7.54. The predicted molar refractivity (Wildman–Crippen MR) is 101 cm³/mol. The second-order valence-corrected chi connectivity index (χ2v) is 6.44. The average molecular weight is 375 g/mol. The first-order chi connectivity index (χ1) is 12.0. The van der Waals surface area contributed by atoms with Gasteiger partial charge < -0.3 is 10.1 Å². The van der Waals surface area contributed by atoms with Crippen LogP contribution in [0, 0.1) is 5.82 Å². The Morgan fingerprint density at radius 2 is 2.16 bits per heavy atom. The molecule has 25 heavy (non-hydrogen) atoms. The van der Waals surface area contributed by atoms with Crippen LogP contribution in [-0.4, -0.2) is 22.6 Å². The average Bonchev–Trinajstić information content (AvgIpc) is 2.96. The summed E-state index contributed by atoms with van der Waals surface area (Å²) >= 11 is 6.40. The number of thiazole rings is 1. The van der Waals surface area contributed by atoms with Gasteiger partial charge in [0.25, 0.3) is 5.91 Å². The van der Waals surface area contributed by atoms with Crippen LogP contribution in [0.25, 0.3) is 10.2 Å². The number of hydrogen-bond donors (Lipinski definition) is 2. The highest BCUT2D eigenvalue weighted by Crippen LogP contribution is 2.26. The van der Waals surface area contributed by atoms with Crippen LogP contribution in [-0.2, 0) is 0 Å². The van der Waals surface area contributed by atoms with Gasteiger partial charge in [0.1, 0.15) is 11.6 Å². The van der Waals surface area contributed by atoms with Gasteiger partial charge in [0, 0.05) is 5.56 Å². The van der Waals surface area contributed by atoms with Crippen LogP contribution in [0.5, 0.6) is 5.75 Å². The van der Waals surface area contributed by atoms with Crippen molar-refractivity contribution < 1.29 is 13.9 Å². The zero-order valence-corrected chi connectivity index (χ0v) is 14.8. The topological polar surface area (TPSA) is 63.2 Å². The zero-order chi connectivity index (χ0) is 17.8. The maximum atomic E-state index is 13.2. The van der Waals surface area contributed by atoms with Crippen LogP contribution >= 0.6 is 23.6 Å². The highest BCUT2D eigenvalue weighted by atomic mass is 32.1. The summed E-state index contributed by atoms with van der Waals surface area (Å²) in [5, 5.41) is 6.03. The van der Waals surface area contributed by atoms with E-state index in [1.54, 1.807) is 30.3 Å². The molecule has 0 aliphatic rings. The van der Waals surface area contributed by atoms with E-state index >= 15 is 0 Å². The fraction of sp³-hybridized carbons (Fsp3) is 0.118. The SMILES string of the molecule is CCOc1cccc(C(=O)NC(=S)Nc2nc3ccc(F)cc3s2)c1. The molecule has 3 rings (SSSR count). The number of rotatable bonds is 4. The van der Waals surface area contributed by atoms with Crippen molar-refractivity contribution in [1.29, 1.82) is 0 Å². The van der Waals surface area contributed by atoms with Gasteiger partial charge in [-0.15, -0.1) is 0 Å². The third-order valence-corrected chi connectivity index (χ3v) is 4.34. The lowest BCUT2D eigenvalue weighted by molar-refractivity contribution is 0.0977. The van der Waals surface area contributed by atoms with Crippen LogP contribution in [0.4, 0.5) is 9.52 Å². The van der Waals surface area contributed by atoms with Gasteiger partial charge in [0.15, 0.2) is 10.2 Å². The molecule has 0 fully saturated rings. The maximum Gasteiger partial charge on any atom is 0.257 e. The van der Waals surface area contributed by atoms with E-state index in [1.165, 1.54) is 23.5 Å². The molecule has 0 aliphatic heterocycles. The van der Waals surface area contributed by atoms with Gasteiger partial charge in [0.05, 0.1) is 16.8 Å². The first kappa shape index (κ1) is 17.2. The molecular weight excluding hydrogens is 361 g/mol. The minimum Gasteiger partial charge on any atom is -0.494 e. The Balaban J connectivity index is 1.66. The number of fused-ring (bicyclic) bond motifs is 1. The Kier molecular flexibility index (Phi) is 5.20. The number of aromatic nitrogens is 1. The third-order valence-electron chi connectivity index (χ3n) is 3.21. The molecule has 0 spiro atoms. The number of amides is 1. The van der Waals surface area contributed by atoms with Gasteiger partial charge in [-0.25, -0.2) is 9.37 Å². The van der Waals surface area contributed by atoms with Crippen molar-refractivity contribution in [2.45, 2.75) is 6.92 Å². The number of carbonyl (C=O) groups is 1. The largest absolute Gasteiger partial charge is 0.494 e. The van der Waals surface area contributed by atoms with Crippen LogP contribution < -0.4 is 15.4 Å². The Hall–Kier alpha value is -2.58. The molecule has 0 saturated heterocycles. The van der Waals surface area contributed by atoms with E-state index in [0.717, 1.165) is 0 Å². The second-order valence-electron chi connectivity index (χ2n) is 5.00. The molecule has 2 aromatic carbocycles. The molecule has 1 amide bonds. The van der Waals surface area contributed by atoms with Crippen LogP contribution in [0.3, 0.4) is 0 Å². The van der Waals surface area contributed by atoms with Gasteiger partial charge in [-0.2, -0.15) is 0 Å². The van der Waals surface area contributed by atoms with E-state index in [4.69, 9.17) is 17.0 Å². The lowest BCUT2D eigenvalue weighted by Crippen LogP contribution is -2.34. The molecule has 0 radical (unpaired) electrons. The van der Waals surface area contributed by atoms with Crippen molar-refractivity contribution in [3.05, 3.63) is 53.8 Å². The molecule has 1 heterocycles. The molecule has 3 aromatic rings. The Morgan fingerprint density at radius 1 is 1.32 bits per heavy atom. The van der Waals surface area contributed by atoms with Crippen molar-refractivity contribution in [2.75, 3.05) is 11.9 Å². The Bertz CT molecular complexity index is 943. The summed E-state index contributed by atoms with van der Waals surface area (Å²) in [7, 11) is 0. The van der Waals surface area contributed by atoms with Gasteiger partial charge >= 0.3 is 0 Å². The van der Waals surface area contributed by atoms with Crippen molar-refractivity contribution in [1.82, 2.24) is 10.3 Å². The molecule has 8 heteroatoms. The number of ether oxygens (including phenoxy) is 1. The van der Waals surface area contributed by atoms with E-state index < -0.39 is 0 Å². The minimum absolute atomic E-state index is 0.117. The number of anilines is 1. The summed E-state index contributed by atoms with van der Waals surface area (Å²) in [5.74, 6) is -0.0683. The van der Waals surface area contributed by atoms with Gasteiger partial charge in [-0.3, -0.25) is 10.1 Å². The smallest absolute Gasteiger partial charge is 0.257 e. The number of hydrogen-bond acceptors (Lipinski definition) is 5. The van der Waals surface area contributed by atoms with E-state index in [9.17, 15) is 9.18 Å². The Morgan fingerprint density at radius 3 is 2.96 bits per heavy atom. The van der Waals surface area contributed by atoms with Crippen LogP contribution in [0.2, 0.25) is 0 Å². The Labute approximate surface area is 152 Å². The zero-order valence-electron chi connectivity index (χ0n) is 13.2. The van der Waals surface area contributed by atoms with Crippen LogP contribution in [0.1, 0.15) is 17.3 Å². The van der Waals surface area contributed by atoms with Crippen molar-refractivity contribution in [3.63, 3.8) is 0 Å². The minimum atomic E-state index is -0.355. The van der Waals surface area contributed by atoms with E-state index in [1.807, 2.05) is 6.92 Å². The van der Waals surface area contributed by atoms with E-state index in [-0.39, 0.29) is 16.8 Å². The highest BCUT2D eigenvalue weighted by Gasteiger charge is 2.11. The molecule has 2 N–H and O–H groups in total. The van der Waals surface area contributed by atoms with Gasteiger partial charge in [-0.1, -0.05) is 17.4 Å². The lowest BCUT2D eigenvalue weighted by atomic mass is 10.2. The number of nitrogens with zero attached hydrogens (tertiary/aromatic N) is 1. The molecule has 0 unspecified atom stereocenters. The summed E-state index contributed by atoms with van der Waals surface area (Å²) in [5.41, 5.74) is 1.09. The highest BCUT2D eigenvalue weighted by molar-refractivity contribution is 7.80. The summed E-state index contributed by atoms with van der Waals surface area (Å²) < 4.78 is 19.3. The number of halogens is 1. The molecule has 1 aromatic heterocycles. The predicted octanol–water partition coefficient (Wildman–Crippen LogP) is 3.96. The van der Waals surface area contributed by atoms with E-state index in [2.05, 4.69) is 15.6 Å². The third kappa shape index (κ3) is 4.28. The van der Waals surface area contributed by atoms with Gasteiger partial charge in [0.2, 0.25) is 0 Å². The quantitative estimate of drug-likeness (QED) is 0.676. The summed E-state index contributed by atoms with van der Waals surface area (Å²) in [4.78, 5) is 16.6. The van der Waals surface area contributed by atoms with Gasteiger partial charge in [-0.05, 0) is 55.5 Å². The van der Waals surface area contributed by atoms with Crippen molar-refractivity contribution in [3.8, 4) is 5.75 Å². The number of thiocarbonyl (C=S) groups is 1. The molecule has 5 nitrogen and oxygen atoms in total. The molecule has 128 valence electrons. The van der Waals surface area contributed by atoms with E-state index in [0.29, 0.717) is 33.3 Å². The monoisotopic (exact) mass is 375 g/mol. The molecule has 0 saturated carbocycles. The molecule has 0 atom stereocenters. The summed E-state index contributed by atoms with van der Waals surface area (Å²) in [6.45, 7) is 2.39. The van der Waals surface area contributed by atoms with Crippen molar-refractivity contribution >= 4 is 49.9 Å². The van der Waals surface area contributed by atoms with Crippen LogP contribution in [0.15, 0.2) is 42.5 Å². The fourth-order valence-electron chi connectivity index (χ4n) is 2.15. The summed E-state index contributed by atoms with van der Waals surface area (Å²) in [6.07, 6.45) is 0. The standard InChI is InChI=1S/C17H14FN3O2S2/c1-2-23-12-5-3-4-10(8-12)15(22)20-16(24)21-17-19-13-7-6-11(18)9-14(13)25-17/h3-9H,2H2,1H3,(H2,19,20,21,22,24). The molecular formula is C17H14FN3O2S2. The fourth-order valence-corrected chi connectivity index (χ4v) is 3.30. The first-order valence-corrected chi connectivity index (χ1v) is 8.69. The number of nitrogens with one attached hydrogen (secondary N) is 2. The lowest BCUT2D eigenvalue weighted by Gasteiger charge is -2.08. The maximum absolute atomic E-state index is 13.2. The summed E-state index contributed by atoms with van der Waals surface area (Å²) in [6, 6.07) is 11.2. The molecule has 0 bridgehead atoms. The number of benzene rings is 2. The first-order valence-electron chi connectivity index (χ1n) is 7.46. The molecule has 0 aliphatic carbocycles. The van der Waals surface area contributed by atoms with Crippen molar-refractivity contribution in [2.24, 2.45) is 0 Å².